The summed E-state index contributed by atoms with van der Waals surface area (Å²) < 4.78 is 5.35. The minimum Gasteiger partial charge on any atom is -0.496 e. The molecule has 19 heavy (non-hydrogen) atoms. The lowest BCUT2D eigenvalue weighted by atomic mass is 9.90. The second-order valence-corrected chi connectivity index (χ2v) is 5.43. The van der Waals surface area contributed by atoms with Gasteiger partial charge >= 0.3 is 0 Å². The number of benzene rings is 1. The average molecular weight is 263 g/mol. The summed E-state index contributed by atoms with van der Waals surface area (Å²) in [6, 6.07) is 7.00. The van der Waals surface area contributed by atoms with Crippen molar-refractivity contribution in [3.63, 3.8) is 0 Å². The molecule has 0 heterocycles. The van der Waals surface area contributed by atoms with Crippen LogP contribution >= 0.6 is 0 Å². The monoisotopic (exact) mass is 263 g/mol. The predicted molar refractivity (Wildman–Crippen MR) is 82.8 cm³/mol. The Morgan fingerprint density at radius 3 is 2.47 bits per heavy atom. The summed E-state index contributed by atoms with van der Waals surface area (Å²) in [7, 11) is 1.73. The molecule has 0 aliphatic carbocycles. The summed E-state index contributed by atoms with van der Waals surface area (Å²) in [6.45, 7) is 10.0. The number of aryl methyl sites for hydroxylation is 1. The number of hydrogen-bond donors (Lipinski definition) is 1. The van der Waals surface area contributed by atoms with Gasteiger partial charge in [0.25, 0.3) is 0 Å². The molecule has 108 valence electrons. The third-order valence-corrected chi connectivity index (χ3v) is 3.71. The molecule has 2 atom stereocenters. The molecule has 0 fully saturated rings. The number of hydrogen-bond acceptors (Lipinski definition) is 2. The van der Waals surface area contributed by atoms with E-state index in [0.717, 1.165) is 12.3 Å². The maximum atomic E-state index is 5.35. The van der Waals surface area contributed by atoms with E-state index in [0.29, 0.717) is 12.0 Å². The first-order chi connectivity index (χ1) is 9.13. The van der Waals surface area contributed by atoms with Gasteiger partial charge in [-0.3, -0.25) is 0 Å². The summed E-state index contributed by atoms with van der Waals surface area (Å²) in [5, 5.41) is 3.69. The van der Waals surface area contributed by atoms with Crippen LogP contribution in [0.1, 0.15) is 57.2 Å². The van der Waals surface area contributed by atoms with E-state index in [1.165, 1.54) is 30.4 Å². The lowest BCUT2D eigenvalue weighted by Gasteiger charge is -2.26. The Morgan fingerprint density at radius 2 is 1.95 bits per heavy atom. The van der Waals surface area contributed by atoms with Crippen molar-refractivity contribution < 1.29 is 4.74 Å². The molecule has 1 N–H and O–H groups in total. The maximum Gasteiger partial charge on any atom is 0.121 e. The standard InChI is InChI=1S/C17H29NO/c1-6-8-13(3)17(18-11-7-2)15-9-10-16(19-5)14(4)12-15/h9-10,12-13,17-18H,6-8,11H2,1-5H3. The van der Waals surface area contributed by atoms with Gasteiger partial charge in [-0.15, -0.1) is 0 Å². The highest BCUT2D eigenvalue weighted by Crippen LogP contribution is 2.29. The van der Waals surface area contributed by atoms with E-state index in [4.69, 9.17) is 4.74 Å². The zero-order valence-electron chi connectivity index (χ0n) is 13.1. The largest absolute Gasteiger partial charge is 0.496 e. The summed E-state index contributed by atoms with van der Waals surface area (Å²) in [6.07, 6.45) is 3.66. The third kappa shape index (κ3) is 4.54. The quantitative estimate of drug-likeness (QED) is 0.746. The van der Waals surface area contributed by atoms with Crippen molar-refractivity contribution in [2.45, 2.75) is 53.0 Å². The average Bonchev–Trinajstić information content (AvgIpc) is 2.39. The molecule has 0 bridgehead atoms. The fraction of sp³-hybridized carbons (Fsp3) is 0.647. The van der Waals surface area contributed by atoms with Gasteiger partial charge in [-0.25, -0.2) is 0 Å². The van der Waals surface area contributed by atoms with E-state index in [1.807, 2.05) is 0 Å². The Bertz CT molecular complexity index is 376. The van der Waals surface area contributed by atoms with E-state index >= 15 is 0 Å². The fourth-order valence-electron chi connectivity index (χ4n) is 2.66. The SMILES string of the molecule is CCCNC(c1ccc(OC)c(C)c1)C(C)CCC. The Balaban J connectivity index is 2.92. The van der Waals surface area contributed by atoms with Crippen molar-refractivity contribution in [3.05, 3.63) is 29.3 Å². The smallest absolute Gasteiger partial charge is 0.121 e. The Hall–Kier alpha value is -1.02. The van der Waals surface area contributed by atoms with E-state index in [1.54, 1.807) is 7.11 Å². The van der Waals surface area contributed by atoms with Crippen molar-refractivity contribution in [3.8, 4) is 5.75 Å². The second kappa shape index (κ2) is 8.21. The van der Waals surface area contributed by atoms with Gasteiger partial charge < -0.3 is 10.1 Å². The molecule has 0 aromatic heterocycles. The van der Waals surface area contributed by atoms with E-state index < -0.39 is 0 Å². The molecule has 0 radical (unpaired) electrons. The van der Waals surface area contributed by atoms with Crippen molar-refractivity contribution in [2.75, 3.05) is 13.7 Å². The molecule has 0 aliphatic heterocycles. The van der Waals surface area contributed by atoms with Crippen LogP contribution in [0.2, 0.25) is 0 Å². The highest BCUT2D eigenvalue weighted by Gasteiger charge is 2.18. The topological polar surface area (TPSA) is 21.3 Å². The van der Waals surface area contributed by atoms with Crippen LogP contribution in [-0.2, 0) is 0 Å². The fourth-order valence-corrected chi connectivity index (χ4v) is 2.66. The summed E-state index contributed by atoms with van der Waals surface area (Å²) in [5.74, 6) is 1.63. The van der Waals surface area contributed by atoms with Crippen LogP contribution in [-0.4, -0.2) is 13.7 Å². The molecule has 0 saturated carbocycles. The van der Waals surface area contributed by atoms with Gasteiger partial charge in [0.2, 0.25) is 0 Å². The van der Waals surface area contributed by atoms with Crippen LogP contribution in [0.15, 0.2) is 18.2 Å². The normalized spacial score (nSPS) is 14.2. The third-order valence-electron chi connectivity index (χ3n) is 3.71. The van der Waals surface area contributed by atoms with Gasteiger partial charge in [0.1, 0.15) is 5.75 Å². The number of nitrogens with one attached hydrogen (secondary N) is 1. The molecule has 1 rings (SSSR count). The van der Waals surface area contributed by atoms with Gasteiger partial charge in [0.15, 0.2) is 0 Å². The Labute approximate surface area is 118 Å². The van der Waals surface area contributed by atoms with E-state index in [-0.39, 0.29) is 0 Å². The number of ether oxygens (including phenoxy) is 1. The molecular weight excluding hydrogens is 234 g/mol. The maximum absolute atomic E-state index is 5.35. The number of methoxy groups -OCH3 is 1. The molecule has 1 aromatic rings. The molecule has 0 amide bonds. The van der Waals surface area contributed by atoms with Crippen molar-refractivity contribution in [1.82, 2.24) is 5.32 Å². The Morgan fingerprint density at radius 1 is 1.21 bits per heavy atom. The molecule has 0 saturated heterocycles. The molecular formula is C17H29NO. The van der Waals surface area contributed by atoms with Gasteiger partial charge in [0.05, 0.1) is 7.11 Å². The molecule has 0 aliphatic rings. The van der Waals surface area contributed by atoms with Crippen LogP contribution in [0.25, 0.3) is 0 Å². The Kier molecular flexibility index (Phi) is 6.93. The summed E-state index contributed by atoms with van der Waals surface area (Å²) >= 11 is 0. The van der Waals surface area contributed by atoms with Crippen molar-refractivity contribution >= 4 is 0 Å². The van der Waals surface area contributed by atoms with E-state index in [9.17, 15) is 0 Å². The van der Waals surface area contributed by atoms with Gasteiger partial charge in [0, 0.05) is 6.04 Å². The van der Waals surface area contributed by atoms with Crippen molar-refractivity contribution in [2.24, 2.45) is 5.92 Å². The predicted octanol–water partition coefficient (Wildman–Crippen LogP) is 4.48. The molecule has 1 aromatic carbocycles. The molecule has 0 spiro atoms. The lowest BCUT2D eigenvalue weighted by Crippen LogP contribution is -2.27. The lowest BCUT2D eigenvalue weighted by molar-refractivity contribution is 0.362. The van der Waals surface area contributed by atoms with Crippen LogP contribution < -0.4 is 10.1 Å². The molecule has 2 nitrogen and oxygen atoms in total. The molecule has 2 heteroatoms. The van der Waals surface area contributed by atoms with Crippen LogP contribution in [0, 0.1) is 12.8 Å². The highest BCUT2D eigenvalue weighted by molar-refractivity contribution is 5.37. The van der Waals surface area contributed by atoms with Gasteiger partial charge in [-0.2, -0.15) is 0 Å². The molecule has 2 unspecified atom stereocenters. The minimum atomic E-state index is 0.449. The van der Waals surface area contributed by atoms with Gasteiger partial charge in [-0.05, 0) is 49.4 Å². The van der Waals surface area contributed by atoms with Crippen molar-refractivity contribution in [1.29, 1.82) is 0 Å². The second-order valence-electron chi connectivity index (χ2n) is 5.43. The van der Waals surface area contributed by atoms with Crippen LogP contribution in [0.3, 0.4) is 0 Å². The van der Waals surface area contributed by atoms with Gasteiger partial charge in [-0.1, -0.05) is 39.3 Å². The zero-order chi connectivity index (χ0) is 14.3. The highest BCUT2D eigenvalue weighted by atomic mass is 16.5. The van der Waals surface area contributed by atoms with Crippen LogP contribution in [0.5, 0.6) is 5.75 Å². The van der Waals surface area contributed by atoms with Crippen LogP contribution in [0.4, 0.5) is 0 Å². The first kappa shape index (κ1) is 16.0. The first-order valence-corrected chi connectivity index (χ1v) is 7.51. The summed E-state index contributed by atoms with van der Waals surface area (Å²) in [4.78, 5) is 0. The zero-order valence-corrected chi connectivity index (χ0v) is 13.1. The number of rotatable bonds is 8. The van der Waals surface area contributed by atoms with E-state index in [2.05, 4.69) is 51.2 Å². The minimum absolute atomic E-state index is 0.449. The first-order valence-electron chi connectivity index (χ1n) is 7.51. The summed E-state index contributed by atoms with van der Waals surface area (Å²) in [5.41, 5.74) is 2.60.